The Morgan fingerprint density at radius 1 is 1.17 bits per heavy atom. The molecule has 96 valence electrons. The van der Waals surface area contributed by atoms with Crippen molar-refractivity contribution in [1.82, 2.24) is 0 Å². The van der Waals surface area contributed by atoms with E-state index in [1.54, 1.807) is 6.26 Å². The molecule has 2 rings (SSSR count). The summed E-state index contributed by atoms with van der Waals surface area (Å²) in [6, 6.07) is 8.19. The molecule has 0 bridgehead atoms. The summed E-state index contributed by atoms with van der Waals surface area (Å²) in [5, 5.41) is 10.3. The van der Waals surface area contributed by atoms with Crippen molar-refractivity contribution in [2.45, 2.75) is 39.7 Å². The average Bonchev–Trinajstić information content (AvgIpc) is 2.82. The highest BCUT2D eigenvalue weighted by Gasteiger charge is 2.14. The molecule has 0 fully saturated rings. The molecule has 2 aromatic rings. The Hall–Kier alpha value is -1.54. The summed E-state index contributed by atoms with van der Waals surface area (Å²) in [4.78, 5) is 0. The second-order valence-electron chi connectivity index (χ2n) is 4.79. The highest BCUT2D eigenvalue weighted by molar-refractivity contribution is 5.31. The number of hydrogen-bond acceptors (Lipinski definition) is 2. The average molecular weight is 244 g/mol. The maximum Gasteiger partial charge on any atom is 0.109 e. The molecule has 2 heteroatoms. The molecular weight excluding hydrogens is 224 g/mol. The van der Waals surface area contributed by atoms with Crippen molar-refractivity contribution in [1.29, 1.82) is 0 Å². The SMILES string of the molecule is CCc1occc1C(O)Cc1ccc(C)c(C)c1. The van der Waals surface area contributed by atoms with Gasteiger partial charge in [0, 0.05) is 18.4 Å². The van der Waals surface area contributed by atoms with Gasteiger partial charge in [0.05, 0.1) is 12.4 Å². The van der Waals surface area contributed by atoms with E-state index in [1.807, 2.05) is 13.0 Å². The molecule has 0 radical (unpaired) electrons. The van der Waals surface area contributed by atoms with Gasteiger partial charge in [0.1, 0.15) is 5.76 Å². The molecule has 0 aliphatic carbocycles. The van der Waals surface area contributed by atoms with Gasteiger partial charge in [-0.05, 0) is 36.6 Å². The summed E-state index contributed by atoms with van der Waals surface area (Å²) in [6.07, 6.45) is 2.61. The summed E-state index contributed by atoms with van der Waals surface area (Å²) >= 11 is 0. The first-order valence-electron chi connectivity index (χ1n) is 6.42. The van der Waals surface area contributed by atoms with Gasteiger partial charge in [-0.1, -0.05) is 25.1 Å². The van der Waals surface area contributed by atoms with Crippen molar-refractivity contribution in [2.24, 2.45) is 0 Å². The molecule has 0 aliphatic heterocycles. The van der Waals surface area contributed by atoms with Gasteiger partial charge >= 0.3 is 0 Å². The number of hydrogen-bond donors (Lipinski definition) is 1. The molecule has 0 saturated carbocycles. The van der Waals surface area contributed by atoms with Gasteiger partial charge in [-0.2, -0.15) is 0 Å². The second-order valence-corrected chi connectivity index (χ2v) is 4.79. The van der Waals surface area contributed by atoms with Crippen LogP contribution in [-0.4, -0.2) is 5.11 Å². The first-order chi connectivity index (χ1) is 8.61. The fourth-order valence-corrected chi connectivity index (χ4v) is 2.20. The fourth-order valence-electron chi connectivity index (χ4n) is 2.20. The monoisotopic (exact) mass is 244 g/mol. The van der Waals surface area contributed by atoms with Crippen LogP contribution in [0.25, 0.3) is 0 Å². The third-order valence-electron chi connectivity index (χ3n) is 3.46. The number of benzene rings is 1. The number of aliphatic hydroxyl groups is 1. The molecular formula is C16H20O2. The van der Waals surface area contributed by atoms with Crippen molar-refractivity contribution < 1.29 is 9.52 Å². The van der Waals surface area contributed by atoms with Crippen LogP contribution in [0.2, 0.25) is 0 Å². The van der Waals surface area contributed by atoms with E-state index in [0.717, 1.165) is 23.3 Å². The summed E-state index contributed by atoms with van der Waals surface area (Å²) in [6.45, 7) is 6.23. The maximum atomic E-state index is 10.3. The lowest BCUT2D eigenvalue weighted by atomic mass is 9.98. The Bertz CT molecular complexity index is 526. The van der Waals surface area contributed by atoms with E-state index < -0.39 is 6.10 Å². The van der Waals surface area contributed by atoms with E-state index in [9.17, 15) is 5.11 Å². The van der Waals surface area contributed by atoms with Crippen molar-refractivity contribution in [2.75, 3.05) is 0 Å². The predicted octanol–water partition coefficient (Wildman–Crippen LogP) is 3.73. The Balaban J connectivity index is 2.16. The molecule has 1 N–H and O–H groups in total. The zero-order chi connectivity index (χ0) is 13.1. The Labute approximate surface area is 108 Å². The highest BCUT2D eigenvalue weighted by atomic mass is 16.3. The number of aliphatic hydroxyl groups excluding tert-OH is 1. The second kappa shape index (κ2) is 5.40. The summed E-state index contributed by atoms with van der Waals surface area (Å²) in [5.41, 5.74) is 4.62. The van der Waals surface area contributed by atoms with Gasteiger partial charge in [0.2, 0.25) is 0 Å². The van der Waals surface area contributed by atoms with Crippen LogP contribution in [0.1, 0.15) is 41.0 Å². The zero-order valence-electron chi connectivity index (χ0n) is 11.2. The topological polar surface area (TPSA) is 33.4 Å². The van der Waals surface area contributed by atoms with E-state index in [4.69, 9.17) is 4.42 Å². The van der Waals surface area contributed by atoms with Gasteiger partial charge in [-0.25, -0.2) is 0 Å². The highest BCUT2D eigenvalue weighted by Crippen LogP contribution is 2.24. The summed E-state index contributed by atoms with van der Waals surface area (Å²) in [7, 11) is 0. The molecule has 0 spiro atoms. The molecule has 0 saturated heterocycles. The van der Waals surface area contributed by atoms with E-state index >= 15 is 0 Å². The molecule has 1 aromatic heterocycles. The minimum atomic E-state index is -0.485. The van der Waals surface area contributed by atoms with Gasteiger partial charge in [0.15, 0.2) is 0 Å². The van der Waals surface area contributed by atoms with Crippen LogP contribution in [0.4, 0.5) is 0 Å². The largest absolute Gasteiger partial charge is 0.469 e. The molecule has 0 aliphatic rings. The van der Waals surface area contributed by atoms with E-state index in [-0.39, 0.29) is 0 Å². The van der Waals surface area contributed by atoms with Crippen molar-refractivity contribution in [3.63, 3.8) is 0 Å². The van der Waals surface area contributed by atoms with E-state index in [2.05, 4.69) is 32.0 Å². The van der Waals surface area contributed by atoms with Gasteiger partial charge in [0.25, 0.3) is 0 Å². The fraction of sp³-hybridized carbons (Fsp3) is 0.375. The molecule has 0 amide bonds. The lowest BCUT2D eigenvalue weighted by Crippen LogP contribution is -2.03. The Morgan fingerprint density at radius 2 is 1.94 bits per heavy atom. The van der Waals surface area contributed by atoms with Crippen molar-refractivity contribution in [3.05, 3.63) is 58.5 Å². The van der Waals surface area contributed by atoms with Crippen molar-refractivity contribution >= 4 is 0 Å². The van der Waals surface area contributed by atoms with E-state index in [0.29, 0.717) is 6.42 Å². The third kappa shape index (κ3) is 2.65. The Morgan fingerprint density at radius 3 is 2.61 bits per heavy atom. The summed E-state index contributed by atoms with van der Waals surface area (Å²) < 4.78 is 5.36. The van der Waals surface area contributed by atoms with Crippen LogP contribution in [0.15, 0.2) is 34.9 Å². The van der Waals surface area contributed by atoms with Crippen LogP contribution in [0.5, 0.6) is 0 Å². The summed E-state index contributed by atoms with van der Waals surface area (Å²) in [5.74, 6) is 0.881. The quantitative estimate of drug-likeness (QED) is 0.889. The lowest BCUT2D eigenvalue weighted by Gasteiger charge is -2.11. The van der Waals surface area contributed by atoms with Crippen LogP contribution in [0, 0.1) is 13.8 Å². The van der Waals surface area contributed by atoms with Gasteiger partial charge in [-0.3, -0.25) is 0 Å². The van der Waals surface area contributed by atoms with Gasteiger partial charge < -0.3 is 9.52 Å². The maximum absolute atomic E-state index is 10.3. The molecule has 2 nitrogen and oxygen atoms in total. The van der Waals surface area contributed by atoms with Gasteiger partial charge in [-0.15, -0.1) is 0 Å². The minimum Gasteiger partial charge on any atom is -0.469 e. The van der Waals surface area contributed by atoms with Crippen molar-refractivity contribution in [3.8, 4) is 0 Å². The minimum absolute atomic E-state index is 0.485. The normalized spacial score (nSPS) is 12.7. The zero-order valence-corrected chi connectivity index (χ0v) is 11.2. The first kappa shape index (κ1) is 12.9. The van der Waals surface area contributed by atoms with Crippen LogP contribution >= 0.6 is 0 Å². The smallest absolute Gasteiger partial charge is 0.109 e. The predicted molar refractivity (Wildman–Crippen MR) is 72.7 cm³/mol. The van der Waals surface area contributed by atoms with Crippen LogP contribution < -0.4 is 0 Å². The standard InChI is InChI=1S/C16H20O2/c1-4-16-14(7-8-18-16)15(17)10-13-6-5-11(2)12(3)9-13/h5-9,15,17H,4,10H2,1-3H3. The molecule has 1 unspecified atom stereocenters. The van der Waals surface area contributed by atoms with Crippen LogP contribution in [-0.2, 0) is 12.8 Å². The number of rotatable bonds is 4. The Kier molecular flexibility index (Phi) is 3.87. The number of furan rings is 1. The third-order valence-corrected chi connectivity index (χ3v) is 3.46. The first-order valence-corrected chi connectivity index (χ1v) is 6.42. The molecule has 1 heterocycles. The van der Waals surface area contributed by atoms with E-state index in [1.165, 1.54) is 11.1 Å². The molecule has 18 heavy (non-hydrogen) atoms. The number of aryl methyl sites for hydroxylation is 3. The molecule has 1 aromatic carbocycles. The lowest BCUT2D eigenvalue weighted by molar-refractivity contribution is 0.176. The molecule has 1 atom stereocenters. The van der Waals surface area contributed by atoms with Crippen LogP contribution in [0.3, 0.4) is 0 Å².